The number of anilines is 1. The average Bonchev–Trinajstić information content (AvgIpc) is 2.55. The lowest BCUT2D eigenvalue weighted by molar-refractivity contribution is 1.37. The van der Waals surface area contributed by atoms with E-state index in [0.29, 0.717) is 11.1 Å². The van der Waals surface area contributed by atoms with Gasteiger partial charge in [0.25, 0.3) is 0 Å². The quantitative estimate of drug-likeness (QED) is 0.684. The first kappa shape index (κ1) is 7.62. The Balaban J connectivity index is 2.83. The van der Waals surface area contributed by atoms with Crippen LogP contribution in [0.15, 0.2) is 18.3 Å². The van der Waals surface area contributed by atoms with Crippen LogP contribution in [0.3, 0.4) is 0 Å². The first-order valence-electron chi connectivity index (χ1n) is 3.91. The fourth-order valence-electron chi connectivity index (χ4n) is 1.32. The van der Waals surface area contributed by atoms with Gasteiger partial charge in [0.05, 0.1) is 5.52 Å². The van der Waals surface area contributed by atoms with Crippen LogP contribution in [0.1, 0.15) is 5.56 Å². The highest BCUT2D eigenvalue weighted by atomic mass is 15.0. The highest BCUT2D eigenvalue weighted by molar-refractivity contribution is 5.87. The van der Waals surface area contributed by atoms with Gasteiger partial charge in [-0.25, -0.2) is 0 Å². The van der Waals surface area contributed by atoms with E-state index in [1.54, 1.807) is 13.2 Å². The molecule has 0 fully saturated rings. The summed E-state index contributed by atoms with van der Waals surface area (Å²) in [7, 11) is 1.77. The molecular formula is C9H8N4. The number of nitriles is 1. The van der Waals surface area contributed by atoms with Gasteiger partial charge in [0, 0.05) is 13.2 Å². The van der Waals surface area contributed by atoms with Gasteiger partial charge < -0.3 is 10.3 Å². The van der Waals surface area contributed by atoms with Crippen molar-refractivity contribution >= 4 is 16.9 Å². The zero-order valence-corrected chi connectivity index (χ0v) is 7.13. The van der Waals surface area contributed by atoms with Crippen molar-refractivity contribution in [2.24, 2.45) is 0 Å². The molecule has 2 N–H and O–H groups in total. The molecule has 4 heteroatoms. The fraction of sp³-hybridized carbons (Fsp3) is 0.111. The van der Waals surface area contributed by atoms with Crippen molar-refractivity contribution in [2.75, 3.05) is 12.4 Å². The molecule has 0 unspecified atom stereocenters. The number of hydrogen-bond acceptors (Lipinski definition) is 3. The molecule has 4 nitrogen and oxygen atoms in total. The Hall–Kier alpha value is -2.02. The number of aromatic nitrogens is 2. The zero-order chi connectivity index (χ0) is 9.26. The van der Waals surface area contributed by atoms with Crippen molar-refractivity contribution in [1.29, 1.82) is 5.26 Å². The third kappa shape index (κ3) is 1.02. The van der Waals surface area contributed by atoms with Crippen molar-refractivity contribution in [3.63, 3.8) is 0 Å². The van der Waals surface area contributed by atoms with Crippen LogP contribution in [0.5, 0.6) is 0 Å². The van der Waals surface area contributed by atoms with E-state index in [9.17, 15) is 0 Å². The molecule has 0 atom stereocenters. The smallest absolute Gasteiger partial charge is 0.124 e. The SMILES string of the molecule is CNc1[nH]c2cccnc2c1C#N. The summed E-state index contributed by atoms with van der Waals surface area (Å²) >= 11 is 0. The van der Waals surface area contributed by atoms with Crippen molar-refractivity contribution in [3.8, 4) is 6.07 Å². The van der Waals surface area contributed by atoms with Gasteiger partial charge in [-0.15, -0.1) is 0 Å². The van der Waals surface area contributed by atoms with Gasteiger partial charge in [-0.3, -0.25) is 4.98 Å². The number of nitrogens with zero attached hydrogens (tertiary/aromatic N) is 2. The second-order valence-electron chi connectivity index (χ2n) is 2.64. The molecule has 0 saturated heterocycles. The molecule has 13 heavy (non-hydrogen) atoms. The monoisotopic (exact) mass is 172 g/mol. The predicted molar refractivity (Wildman–Crippen MR) is 50.4 cm³/mol. The van der Waals surface area contributed by atoms with Gasteiger partial charge in [0.15, 0.2) is 0 Å². The highest BCUT2D eigenvalue weighted by Gasteiger charge is 2.09. The van der Waals surface area contributed by atoms with E-state index in [1.807, 2.05) is 12.1 Å². The van der Waals surface area contributed by atoms with Gasteiger partial charge in [0.1, 0.15) is 23.0 Å². The van der Waals surface area contributed by atoms with E-state index in [4.69, 9.17) is 5.26 Å². The van der Waals surface area contributed by atoms with E-state index in [1.165, 1.54) is 0 Å². The Morgan fingerprint density at radius 2 is 2.46 bits per heavy atom. The summed E-state index contributed by atoms with van der Waals surface area (Å²) in [6.45, 7) is 0. The minimum atomic E-state index is 0.568. The highest BCUT2D eigenvalue weighted by Crippen LogP contribution is 2.22. The van der Waals surface area contributed by atoms with Crippen LogP contribution in [-0.4, -0.2) is 17.0 Å². The number of hydrogen-bond donors (Lipinski definition) is 2. The van der Waals surface area contributed by atoms with Crippen LogP contribution in [0.25, 0.3) is 11.0 Å². The number of aromatic amines is 1. The number of H-pyrrole nitrogens is 1. The van der Waals surface area contributed by atoms with Gasteiger partial charge in [-0.05, 0) is 12.1 Å². The first-order valence-corrected chi connectivity index (χ1v) is 3.91. The molecule has 0 spiro atoms. The number of rotatable bonds is 1. The zero-order valence-electron chi connectivity index (χ0n) is 7.13. The second kappa shape index (κ2) is 2.79. The maximum Gasteiger partial charge on any atom is 0.124 e. The Kier molecular flexibility index (Phi) is 1.64. The standard InChI is InChI=1S/C9H8N4/c1-11-9-6(5-10)8-7(13-9)3-2-4-12-8/h2-4,11,13H,1H3. The molecule has 0 aliphatic heterocycles. The van der Waals surface area contributed by atoms with Crippen LogP contribution in [-0.2, 0) is 0 Å². The van der Waals surface area contributed by atoms with E-state index < -0.39 is 0 Å². The number of pyridine rings is 1. The number of nitrogens with one attached hydrogen (secondary N) is 2. The fourth-order valence-corrected chi connectivity index (χ4v) is 1.32. The van der Waals surface area contributed by atoms with Gasteiger partial charge in [-0.2, -0.15) is 5.26 Å². The topological polar surface area (TPSA) is 64.5 Å². The molecule has 2 rings (SSSR count). The summed E-state index contributed by atoms with van der Waals surface area (Å²) in [6, 6.07) is 5.84. The Bertz CT molecular complexity index is 478. The molecule has 0 aromatic carbocycles. The molecule has 0 aliphatic rings. The molecule has 0 bridgehead atoms. The molecule has 2 aromatic rings. The van der Waals surface area contributed by atoms with Crippen LogP contribution in [0, 0.1) is 11.3 Å². The Morgan fingerprint density at radius 3 is 3.15 bits per heavy atom. The summed E-state index contributed by atoms with van der Waals surface area (Å²) in [5.74, 6) is 0.719. The molecule has 0 saturated carbocycles. The van der Waals surface area contributed by atoms with Crippen LogP contribution >= 0.6 is 0 Å². The molecular weight excluding hydrogens is 164 g/mol. The first-order chi connectivity index (χ1) is 6.36. The summed E-state index contributed by atoms with van der Waals surface area (Å²) in [5, 5.41) is 11.8. The van der Waals surface area contributed by atoms with Crippen molar-refractivity contribution in [2.45, 2.75) is 0 Å². The summed E-state index contributed by atoms with van der Waals surface area (Å²) in [5.41, 5.74) is 2.16. The van der Waals surface area contributed by atoms with E-state index in [-0.39, 0.29) is 0 Å². The van der Waals surface area contributed by atoms with Crippen molar-refractivity contribution < 1.29 is 0 Å². The van der Waals surface area contributed by atoms with Crippen LogP contribution < -0.4 is 5.32 Å². The average molecular weight is 172 g/mol. The summed E-state index contributed by atoms with van der Waals surface area (Å²) in [4.78, 5) is 7.20. The summed E-state index contributed by atoms with van der Waals surface area (Å²) < 4.78 is 0. The van der Waals surface area contributed by atoms with Gasteiger partial charge in [-0.1, -0.05) is 0 Å². The second-order valence-corrected chi connectivity index (χ2v) is 2.64. The van der Waals surface area contributed by atoms with Gasteiger partial charge >= 0.3 is 0 Å². The Morgan fingerprint density at radius 1 is 1.62 bits per heavy atom. The molecule has 0 aliphatic carbocycles. The van der Waals surface area contributed by atoms with E-state index in [2.05, 4.69) is 21.4 Å². The maximum absolute atomic E-state index is 8.89. The molecule has 0 amide bonds. The minimum Gasteiger partial charge on any atom is -0.374 e. The van der Waals surface area contributed by atoms with E-state index in [0.717, 1.165) is 11.3 Å². The lowest BCUT2D eigenvalue weighted by atomic mass is 10.3. The maximum atomic E-state index is 8.89. The van der Waals surface area contributed by atoms with Gasteiger partial charge in [0.2, 0.25) is 0 Å². The van der Waals surface area contributed by atoms with Crippen molar-refractivity contribution in [1.82, 2.24) is 9.97 Å². The number of fused-ring (bicyclic) bond motifs is 1. The van der Waals surface area contributed by atoms with E-state index >= 15 is 0 Å². The Labute approximate surface area is 75.2 Å². The minimum absolute atomic E-state index is 0.568. The molecule has 0 radical (unpaired) electrons. The normalized spacial score (nSPS) is 9.85. The molecule has 2 aromatic heterocycles. The predicted octanol–water partition coefficient (Wildman–Crippen LogP) is 1.48. The molecule has 64 valence electrons. The third-order valence-electron chi connectivity index (χ3n) is 1.92. The lowest BCUT2D eigenvalue weighted by Gasteiger charge is -1.92. The van der Waals surface area contributed by atoms with Crippen molar-refractivity contribution in [3.05, 3.63) is 23.9 Å². The summed E-state index contributed by atoms with van der Waals surface area (Å²) in [6.07, 6.45) is 1.68. The largest absolute Gasteiger partial charge is 0.374 e. The molecule has 2 heterocycles. The van der Waals surface area contributed by atoms with Crippen LogP contribution in [0.2, 0.25) is 0 Å². The third-order valence-corrected chi connectivity index (χ3v) is 1.92. The lowest BCUT2D eigenvalue weighted by Crippen LogP contribution is -1.89. The van der Waals surface area contributed by atoms with Crippen LogP contribution in [0.4, 0.5) is 5.82 Å².